The van der Waals surface area contributed by atoms with Gasteiger partial charge in [0.1, 0.15) is 5.82 Å². The van der Waals surface area contributed by atoms with Crippen molar-refractivity contribution < 1.29 is 8.42 Å². The van der Waals surface area contributed by atoms with Gasteiger partial charge in [0.2, 0.25) is 10.0 Å². The smallest absolute Gasteiger partial charge is 0.212 e. The lowest BCUT2D eigenvalue weighted by atomic mass is 10.4. The van der Waals surface area contributed by atoms with Crippen LogP contribution in [-0.4, -0.2) is 41.2 Å². The first-order chi connectivity index (χ1) is 8.62. The molecule has 0 aliphatic heterocycles. The van der Waals surface area contributed by atoms with Gasteiger partial charge in [0.15, 0.2) is 5.65 Å². The Kier molecular flexibility index (Phi) is 4.15. The zero-order valence-corrected chi connectivity index (χ0v) is 11.2. The molecule has 0 aliphatic rings. The highest BCUT2D eigenvalue weighted by Crippen LogP contribution is 2.03. The van der Waals surface area contributed by atoms with E-state index in [1.54, 1.807) is 0 Å². The molecule has 0 saturated carbocycles. The van der Waals surface area contributed by atoms with Crippen molar-refractivity contribution in [3.63, 3.8) is 0 Å². The zero-order chi connectivity index (χ0) is 13.0. The van der Waals surface area contributed by atoms with E-state index in [0.717, 1.165) is 11.5 Å². The summed E-state index contributed by atoms with van der Waals surface area (Å²) in [5.74, 6) is 0.734. The number of rotatable bonds is 6. The van der Waals surface area contributed by atoms with Gasteiger partial charge in [-0.1, -0.05) is 6.07 Å². The Morgan fingerprint density at radius 2 is 2.17 bits per heavy atom. The summed E-state index contributed by atoms with van der Waals surface area (Å²) in [4.78, 5) is 0. The standard InChI is InChI=1S/C10H13ClN4O2S/c11-5-8-18(16,17)12-6-4-10-14-13-9-3-1-2-7-15(9)10/h1-3,7,12H,4-6,8H2. The maximum absolute atomic E-state index is 11.4. The maximum atomic E-state index is 11.4. The second-order valence-electron chi connectivity index (χ2n) is 3.70. The van der Waals surface area contributed by atoms with Crippen LogP contribution in [0.3, 0.4) is 0 Å². The first kappa shape index (κ1) is 13.3. The Balaban J connectivity index is 1.99. The van der Waals surface area contributed by atoms with Gasteiger partial charge in [-0.05, 0) is 12.1 Å². The lowest BCUT2D eigenvalue weighted by Crippen LogP contribution is -2.29. The van der Waals surface area contributed by atoms with Gasteiger partial charge in [-0.2, -0.15) is 0 Å². The molecule has 0 radical (unpaired) electrons. The SMILES string of the molecule is O=S(=O)(CCCl)NCCc1nnc2ccccn12. The molecule has 18 heavy (non-hydrogen) atoms. The molecule has 8 heteroatoms. The molecule has 0 bridgehead atoms. The number of fused-ring (bicyclic) bond motifs is 1. The van der Waals surface area contributed by atoms with Gasteiger partial charge in [0, 0.05) is 25.0 Å². The van der Waals surface area contributed by atoms with Crippen LogP contribution in [0, 0.1) is 0 Å². The van der Waals surface area contributed by atoms with Crippen molar-refractivity contribution in [3.05, 3.63) is 30.2 Å². The number of hydrogen-bond donors (Lipinski definition) is 1. The van der Waals surface area contributed by atoms with Crippen molar-refractivity contribution in [2.75, 3.05) is 18.2 Å². The van der Waals surface area contributed by atoms with Crippen LogP contribution in [0.4, 0.5) is 0 Å². The maximum Gasteiger partial charge on any atom is 0.212 e. The third kappa shape index (κ3) is 3.18. The number of halogens is 1. The van der Waals surface area contributed by atoms with E-state index in [9.17, 15) is 8.42 Å². The van der Waals surface area contributed by atoms with Crippen LogP contribution in [0.5, 0.6) is 0 Å². The molecule has 2 rings (SSSR count). The van der Waals surface area contributed by atoms with Crippen molar-refractivity contribution >= 4 is 27.3 Å². The highest BCUT2D eigenvalue weighted by Gasteiger charge is 2.10. The van der Waals surface area contributed by atoms with Crippen molar-refractivity contribution in [2.45, 2.75) is 6.42 Å². The van der Waals surface area contributed by atoms with E-state index < -0.39 is 10.0 Å². The van der Waals surface area contributed by atoms with Crippen LogP contribution >= 0.6 is 11.6 Å². The Bertz CT molecular complexity index is 626. The monoisotopic (exact) mass is 288 g/mol. The summed E-state index contributed by atoms with van der Waals surface area (Å²) in [7, 11) is -3.28. The Labute approximate surface area is 110 Å². The van der Waals surface area contributed by atoms with Gasteiger partial charge in [-0.25, -0.2) is 13.1 Å². The number of alkyl halides is 1. The number of hydrogen-bond acceptors (Lipinski definition) is 4. The zero-order valence-electron chi connectivity index (χ0n) is 9.58. The highest BCUT2D eigenvalue weighted by molar-refractivity contribution is 7.89. The van der Waals surface area contributed by atoms with E-state index >= 15 is 0 Å². The van der Waals surface area contributed by atoms with Gasteiger partial charge >= 0.3 is 0 Å². The summed E-state index contributed by atoms with van der Waals surface area (Å²) in [6.07, 6.45) is 2.32. The summed E-state index contributed by atoms with van der Waals surface area (Å²) in [5, 5.41) is 8.00. The van der Waals surface area contributed by atoms with E-state index in [4.69, 9.17) is 11.6 Å². The van der Waals surface area contributed by atoms with Crippen molar-refractivity contribution in [2.24, 2.45) is 0 Å². The van der Waals surface area contributed by atoms with Gasteiger partial charge in [0.25, 0.3) is 0 Å². The van der Waals surface area contributed by atoms with E-state index in [2.05, 4.69) is 14.9 Å². The van der Waals surface area contributed by atoms with E-state index in [-0.39, 0.29) is 18.2 Å². The van der Waals surface area contributed by atoms with Gasteiger partial charge in [-0.15, -0.1) is 21.8 Å². The Morgan fingerprint density at radius 1 is 1.33 bits per heavy atom. The van der Waals surface area contributed by atoms with Crippen molar-refractivity contribution in [1.82, 2.24) is 19.3 Å². The van der Waals surface area contributed by atoms with Crippen LogP contribution in [-0.2, 0) is 16.4 Å². The van der Waals surface area contributed by atoms with Crippen LogP contribution in [0.2, 0.25) is 0 Å². The summed E-state index contributed by atoms with van der Waals surface area (Å²) in [6.45, 7) is 0.287. The molecule has 0 aromatic carbocycles. The molecule has 0 amide bonds. The Hall–Kier alpha value is -1.18. The van der Waals surface area contributed by atoms with E-state index in [1.165, 1.54) is 0 Å². The fraction of sp³-hybridized carbons (Fsp3) is 0.400. The number of sulfonamides is 1. The van der Waals surface area contributed by atoms with E-state index in [0.29, 0.717) is 6.42 Å². The molecule has 0 fully saturated rings. The van der Waals surface area contributed by atoms with Gasteiger partial charge in [-0.3, -0.25) is 4.40 Å². The average Bonchev–Trinajstić information content (AvgIpc) is 2.73. The largest absolute Gasteiger partial charge is 0.286 e. The molecule has 1 N–H and O–H groups in total. The number of aromatic nitrogens is 3. The quantitative estimate of drug-likeness (QED) is 0.782. The fourth-order valence-corrected chi connectivity index (χ4v) is 2.92. The molecule has 0 spiro atoms. The molecule has 0 unspecified atom stereocenters. The topological polar surface area (TPSA) is 76.4 Å². The fourth-order valence-electron chi connectivity index (χ4n) is 1.55. The molecule has 0 aliphatic carbocycles. The molecule has 98 valence electrons. The van der Waals surface area contributed by atoms with Crippen molar-refractivity contribution in [1.29, 1.82) is 0 Å². The first-order valence-electron chi connectivity index (χ1n) is 5.44. The number of nitrogens with one attached hydrogen (secondary N) is 1. The van der Waals surface area contributed by atoms with Gasteiger partial charge in [0.05, 0.1) is 5.75 Å². The molecule has 2 aromatic heterocycles. The lowest BCUT2D eigenvalue weighted by molar-refractivity contribution is 0.582. The minimum absolute atomic E-state index is 0.0743. The minimum atomic E-state index is -3.28. The van der Waals surface area contributed by atoms with Crippen LogP contribution in [0.15, 0.2) is 24.4 Å². The van der Waals surface area contributed by atoms with E-state index in [1.807, 2.05) is 28.8 Å². The second-order valence-corrected chi connectivity index (χ2v) is 6.00. The van der Waals surface area contributed by atoms with Gasteiger partial charge < -0.3 is 0 Å². The van der Waals surface area contributed by atoms with Crippen LogP contribution < -0.4 is 4.72 Å². The Morgan fingerprint density at radius 3 is 2.94 bits per heavy atom. The predicted molar refractivity (Wildman–Crippen MR) is 69.2 cm³/mol. The molecule has 0 atom stereocenters. The summed E-state index contributed by atoms with van der Waals surface area (Å²) in [6, 6.07) is 5.59. The summed E-state index contributed by atoms with van der Waals surface area (Å²) >= 11 is 5.40. The number of nitrogens with zero attached hydrogens (tertiary/aromatic N) is 3. The van der Waals surface area contributed by atoms with Crippen LogP contribution in [0.1, 0.15) is 5.82 Å². The third-order valence-corrected chi connectivity index (χ3v) is 4.20. The highest BCUT2D eigenvalue weighted by atomic mass is 35.5. The van der Waals surface area contributed by atoms with Crippen molar-refractivity contribution in [3.8, 4) is 0 Å². The molecule has 2 heterocycles. The normalized spacial score (nSPS) is 12.1. The molecule has 0 saturated heterocycles. The van der Waals surface area contributed by atoms with Crippen LogP contribution in [0.25, 0.3) is 5.65 Å². The predicted octanol–water partition coefficient (Wildman–Crippen LogP) is 0.430. The molecule has 6 nitrogen and oxygen atoms in total. The summed E-state index contributed by atoms with van der Waals surface area (Å²) in [5.41, 5.74) is 0.746. The average molecular weight is 289 g/mol. The molecule has 2 aromatic rings. The molecular weight excluding hydrogens is 276 g/mol. The third-order valence-electron chi connectivity index (χ3n) is 2.40. The lowest BCUT2D eigenvalue weighted by Gasteiger charge is -2.04. The summed E-state index contributed by atoms with van der Waals surface area (Å²) < 4.78 is 27.1. The number of pyridine rings is 1. The molecular formula is C10H13ClN4O2S. The first-order valence-corrected chi connectivity index (χ1v) is 7.63. The minimum Gasteiger partial charge on any atom is -0.286 e. The second kappa shape index (κ2) is 5.64.